The SMILES string of the molecule is Cn1ccnc1CN1CC(CC(=O)O)C1. The molecule has 5 heteroatoms. The minimum absolute atomic E-state index is 0.289. The number of carboxylic acids is 1. The summed E-state index contributed by atoms with van der Waals surface area (Å²) in [5.41, 5.74) is 0. The van der Waals surface area contributed by atoms with Crippen molar-refractivity contribution in [2.75, 3.05) is 13.1 Å². The van der Waals surface area contributed by atoms with Gasteiger partial charge in [-0.1, -0.05) is 0 Å². The van der Waals surface area contributed by atoms with Crippen LogP contribution in [0.2, 0.25) is 0 Å². The van der Waals surface area contributed by atoms with Gasteiger partial charge in [0.05, 0.1) is 13.0 Å². The van der Waals surface area contributed by atoms with Gasteiger partial charge in [0.15, 0.2) is 0 Å². The third-order valence-corrected chi connectivity index (χ3v) is 2.78. The summed E-state index contributed by atoms with van der Waals surface area (Å²) in [4.78, 5) is 16.9. The van der Waals surface area contributed by atoms with Crippen LogP contribution < -0.4 is 0 Å². The number of carboxylic acid groups (broad SMARTS) is 1. The minimum atomic E-state index is -0.698. The molecule has 0 atom stereocenters. The monoisotopic (exact) mass is 209 g/mol. The molecule has 82 valence electrons. The van der Waals surface area contributed by atoms with Crippen LogP contribution in [0.1, 0.15) is 12.2 Å². The number of carbonyl (C=O) groups is 1. The highest BCUT2D eigenvalue weighted by molar-refractivity contribution is 5.67. The van der Waals surface area contributed by atoms with Crippen LogP contribution in [0.15, 0.2) is 12.4 Å². The first kappa shape index (κ1) is 10.2. The average molecular weight is 209 g/mol. The van der Waals surface area contributed by atoms with Crippen molar-refractivity contribution in [3.8, 4) is 0 Å². The standard InChI is InChI=1S/C10H15N3O2/c1-12-3-2-11-9(12)7-13-5-8(6-13)4-10(14)15/h2-3,8H,4-7H2,1H3,(H,14,15). The van der Waals surface area contributed by atoms with Crippen molar-refractivity contribution < 1.29 is 9.90 Å². The molecule has 15 heavy (non-hydrogen) atoms. The predicted molar refractivity (Wildman–Crippen MR) is 54.2 cm³/mol. The van der Waals surface area contributed by atoms with Crippen molar-refractivity contribution in [1.29, 1.82) is 0 Å². The molecular formula is C10H15N3O2. The zero-order chi connectivity index (χ0) is 10.8. The molecule has 0 aliphatic carbocycles. The smallest absolute Gasteiger partial charge is 0.303 e. The molecule has 1 aliphatic heterocycles. The molecule has 1 aliphatic rings. The average Bonchev–Trinajstić information content (AvgIpc) is 2.47. The number of nitrogens with zero attached hydrogens (tertiary/aromatic N) is 3. The summed E-state index contributed by atoms with van der Waals surface area (Å²) < 4.78 is 1.99. The Morgan fingerprint density at radius 1 is 1.67 bits per heavy atom. The molecule has 1 fully saturated rings. The molecule has 0 unspecified atom stereocenters. The largest absolute Gasteiger partial charge is 0.481 e. The van der Waals surface area contributed by atoms with Gasteiger partial charge >= 0.3 is 5.97 Å². The summed E-state index contributed by atoms with van der Waals surface area (Å²) in [6, 6.07) is 0. The Balaban J connectivity index is 1.77. The first-order valence-electron chi connectivity index (χ1n) is 5.05. The number of imidazole rings is 1. The molecule has 5 nitrogen and oxygen atoms in total. The lowest BCUT2D eigenvalue weighted by atomic mass is 9.96. The first-order chi connectivity index (χ1) is 7.15. The van der Waals surface area contributed by atoms with Crippen LogP contribution >= 0.6 is 0 Å². The minimum Gasteiger partial charge on any atom is -0.481 e. The third-order valence-electron chi connectivity index (χ3n) is 2.78. The molecule has 0 saturated carbocycles. The van der Waals surface area contributed by atoms with Crippen molar-refractivity contribution in [1.82, 2.24) is 14.5 Å². The van der Waals surface area contributed by atoms with E-state index in [1.54, 1.807) is 6.20 Å². The van der Waals surface area contributed by atoms with Crippen LogP contribution in [0.4, 0.5) is 0 Å². The Morgan fingerprint density at radius 3 is 2.93 bits per heavy atom. The van der Waals surface area contributed by atoms with E-state index < -0.39 is 5.97 Å². The number of hydrogen-bond acceptors (Lipinski definition) is 3. The van der Waals surface area contributed by atoms with E-state index in [0.717, 1.165) is 25.5 Å². The molecule has 1 N–H and O–H groups in total. The van der Waals surface area contributed by atoms with Gasteiger partial charge in [-0.2, -0.15) is 0 Å². The summed E-state index contributed by atoms with van der Waals surface area (Å²) in [5, 5.41) is 8.60. The highest BCUT2D eigenvalue weighted by Crippen LogP contribution is 2.20. The molecule has 1 aromatic heterocycles. The van der Waals surface area contributed by atoms with E-state index in [2.05, 4.69) is 9.88 Å². The fourth-order valence-electron chi connectivity index (χ4n) is 1.93. The summed E-state index contributed by atoms with van der Waals surface area (Å²) in [6.45, 7) is 2.57. The quantitative estimate of drug-likeness (QED) is 0.776. The van der Waals surface area contributed by atoms with Crippen molar-refractivity contribution in [2.45, 2.75) is 13.0 Å². The van der Waals surface area contributed by atoms with Gasteiger partial charge in [0.2, 0.25) is 0 Å². The summed E-state index contributed by atoms with van der Waals surface area (Å²) in [7, 11) is 1.97. The molecule has 1 saturated heterocycles. The number of hydrogen-bond donors (Lipinski definition) is 1. The van der Waals surface area contributed by atoms with Crippen LogP contribution in [-0.2, 0) is 18.4 Å². The molecule has 0 radical (unpaired) electrons. The zero-order valence-corrected chi connectivity index (χ0v) is 8.76. The molecule has 0 aromatic carbocycles. The number of likely N-dealkylation sites (tertiary alicyclic amines) is 1. The third kappa shape index (κ3) is 2.36. The molecular weight excluding hydrogens is 194 g/mol. The van der Waals surface area contributed by atoms with Crippen LogP contribution in [-0.4, -0.2) is 38.6 Å². The first-order valence-corrected chi connectivity index (χ1v) is 5.05. The number of aliphatic carboxylic acids is 1. The Morgan fingerprint density at radius 2 is 2.40 bits per heavy atom. The van der Waals surface area contributed by atoms with Crippen LogP contribution in [0, 0.1) is 5.92 Å². The number of rotatable bonds is 4. The summed E-state index contributed by atoms with van der Waals surface area (Å²) in [6.07, 6.45) is 3.99. The lowest BCUT2D eigenvalue weighted by Gasteiger charge is -2.38. The van der Waals surface area contributed by atoms with Gasteiger partial charge in [-0.3, -0.25) is 9.69 Å². The summed E-state index contributed by atoms with van der Waals surface area (Å²) in [5.74, 6) is 0.656. The molecule has 1 aromatic rings. The van der Waals surface area contributed by atoms with E-state index >= 15 is 0 Å². The van der Waals surface area contributed by atoms with Crippen molar-refractivity contribution in [2.24, 2.45) is 13.0 Å². The fourth-order valence-corrected chi connectivity index (χ4v) is 1.93. The lowest BCUT2D eigenvalue weighted by molar-refractivity contribution is -0.139. The van der Waals surface area contributed by atoms with Gasteiger partial charge in [0.1, 0.15) is 5.82 Å². The second-order valence-electron chi connectivity index (χ2n) is 4.11. The Labute approximate surface area is 88.3 Å². The maximum Gasteiger partial charge on any atom is 0.303 e. The maximum absolute atomic E-state index is 10.4. The Kier molecular flexibility index (Phi) is 2.73. The van der Waals surface area contributed by atoms with Crippen molar-refractivity contribution in [3.05, 3.63) is 18.2 Å². The Bertz CT molecular complexity index is 355. The van der Waals surface area contributed by atoms with Gasteiger partial charge in [0, 0.05) is 32.5 Å². The molecule has 2 heterocycles. The van der Waals surface area contributed by atoms with Gasteiger partial charge < -0.3 is 9.67 Å². The van der Waals surface area contributed by atoms with Gasteiger partial charge in [-0.25, -0.2) is 4.98 Å². The second kappa shape index (κ2) is 4.02. The predicted octanol–water partition coefficient (Wildman–Crippen LogP) is 0.327. The second-order valence-corrected chi connectivity index (χ2v) is 4.11. The molecule has 0 amide bonds. The molecule has 2 rings (SSSR count). The zero-order valence-electron chi connectivity index (χ0n) is 8.76. The maximum atomic E-state index is 10.4. The van der Waals surface area contributed by atoms with E-state index in [9.17, 15) is 4.79 Å². The van der Waals surface area contributed by atoms with E-state index in [1.165, 1.54) is 0 Å². The number of aryl methyl sites for hydroxylation is 1. The molecule has 0 bridgehead atoms. The lowest BCUT2D eigenvalue weighted by Crippen LogP contribution is -2.47. The van der Waals surface area contributed by atoms with E-state index in [-0.39, 0.29) is 6.42 Å². The highest BCUT2D eigenvalue weighted by Gasteiger charge is 2.28. The van der Waals surface area contributed by atoms with Crippen molar-refractivity contribution >= 4 is 5.97 Å². The summed E-state index contributed by atoms with van der Waals surface area (Å²) >= 11 is 0. The number of aromatic nitrogens is 2. The van der Waals surface area contributed by atoms with Crippen LogP contribution in [0.5, 0.6) is 0 Å². The normalized spacial score (nSPS) is 17.7. The molecule has 0 spiro atoms. The van der Waals surface area contributed by atoms with Gasteiger partial charge in [-0.15, -0.1) is 0 Å². The Hall–Kier alpha value is -1.36. The topological polar surface area (TPSA) is 58.4 Å². The van der Waals surface area contributed by atoms with E-state index in [1.807, 2.05) is 17.8 Å². The van der Waals surface area contributed by atoms with Crippen LogP contribution in [0.3, 0.4) is 0 Å². The fraction of sp³-hybridized carbons (Fsp3) is 0.600. The van der Waals surface area contributed by atoms with Crippen molar-refractivity contribution in [3.63, 3.8) is 0 Å². The van der Waals surface area contributed by atoms with Gasteiger partial charge in [0.25, 0.3) is 0 Å². The van der Waals surface area contributed by atoms with Crippen LogP contribution in [0.25, 0.3) is 0 Å². The van der Waals surface area contributed by atoms with Gasteiger partial charge in [-0.05, 0) is 5.92 Å². The van der Waals surface area contributed by atoms with E-state index in [4.69, 9.17) is 5.11 Å². The van der Waals surface area contributed by atoms with E-state index in [0.29, 0.717) is 5.92 Å². The highest BCUT2D eigenvalue weighted by atomic mass is 16.4.